The van der Waals surface area contributed by atoms with E-state index < -0.39 is 12.1 Å². The molecular formula is C21H24N6O3. The fourth-order valence-electron chi connectivity index (χ4n) is 5.06. The van der Waals surface area contributed by atoms with Crippen LogP contribution in [0, 0.1) is 11.8 Å². The number of benzene rings is 1. The highest BCUT2D eigenvalue weighted by Gasteiger charge is 2.41. The van der Waals surface area contributed by atoms with Crippen LogP contribution in [0.2, 0.25) is 0 Å². The second kappa shape index (κ2) is 7.47. The average Bonchev–Trinajstić information content (AvgIpc) is 3.49. The molecule has 3 aliphatic rings. The summed E-state index contributed by atoms with van der Waals surface area (Å²) >= 11 is 0. The number of hydrogen-bond donors (Lipinski definition) is 5. The van der Waals surface area contributed by atoms with E-state index in [-0.39, 0.29) is 11.9 Å². The molecule has 5 amide bonds. The molecule has 2 aromatic rings. The van der Waals surface area contributed by atoms with Crippen molar-refractivity contribution in [2.24, 2.45) is 11.8 Å². The first-order valence-electron chi connectivity index (χ1n) is 10.4. The first kappa shape index (κ1) is 18.7. The number of carbonyl (C=O) groups is 3. The van der Waals surface area contributed by atoms with Crippen molar-refractivity contribution in [3.05, 3.63) is 41.6 Å². The van der Waals surface area contributed by atoms with Crippen LogP contribution >= 0.6 is 0 Å². The van der Waals surface area contributed by atoms with E-state index >= 15 is 0 Å². The molecule has 9 heteroatoms. The minimum Gasteiger partial charge on any atom is -0.326 e. The maximum absolute atomic E-state index is 12.3. The highest BCUT2D eigenvalue weighted by atomic mass is 16.2. The summed E-state index contributed by atoms with van der Waals surface area (Å²) in [6, 6.07) is 7.68. The van der Waals surface area contributed by atoms with Gasteiger partial charge in [-0.25, -0.2) is 9.59 Å². The summed E-state index contributed by atoms with van der Waals surface area (Å²) in [6.45, 7) is 0. The Kier molecular flexibility index (Phi) is 4.65. The summed E-state index contributed by atoms with van der Waals surface area (Å²) in [6.07, 6.45) is 5.58. The molecule has 156 valence electrons. The summed E-state index contributed by atoms with van der Waals surface area (Å²) in [5, 5.41) is 17.7. The van der Waals surface area contributed by atoms with Gasteiger partial charge in [-0.1, -0.05) is 18.6 Å². The Morgan fingerprint density at radius 3 is 2.60 bits per heavy atom. The molecule has 5 N–H and O–H groups in total. The predicted octanol–water partition coefficient (Wildman–Crippen LogP) is 2.71. The topological polar surface area (TPSA) is 128 Å². The number of anilines is 2. The molecule has 1 saturated heterocycles. The lowest BCUT2D eigenvalue weighted by Gasteiger charge is -2.19. The Bertz CT molecular complexity index is 985. The molecule has 2 bridgehead atoms. The van der Waals surface area contributed by atoms with Crippen LogP contribution in [0.4, 0.5) is 21.1 Å². The molecule has 5 rings (SSSR count). The van der Waals surface area contributed by atoms with E-state index in [9.17, 15) is 14.4 Å². The van der Waals surface area contributed by atoms with Gasteiger partial charge in [0.15, 0.2) is 5.82 Å². The van der Waals surface area contributed by atoms with E-state index in [4.69, 9.17) is 0 Å². The van der Waals surface area contributed by atoms with Gasteiger partial charge in [0.1, 0.15) is 6.04 Å². The van der Waals surface area contributed by atoms with Crippen molar-refractivity contribution in [1.82, 2.24) is 20.8 Å². The number of imide groups is 1. The van der Waals surface area contributed by atoms with Crippen molar-refractivity contribution in [2.75, 3.05) is 10.6 Å². The van der Waals surface area contributed by atoms with Crippen molar-refractivity contribution < 1.29 is 14.4 Å². The van der Waals surface area contributed by atoms with Crippen LogP contribution in [0.25, 0.3) is 0 Å². The Morgan fingerprint density at radius 1 is 1.10 bits per heavy atom. The number of nitrogens with one attached hydrogen (secondary N) is 5. The molecule has 1 aliphatic heterocycles. The zero-order valence-corrected chi connectivity index (χ0v) is 16.4. The van der Waals surface area contributed by atoms with E-state index in [2.05, 4.69) is 31.5 Å². The van der Waals surface area contributed by atoms with Gasteiger partial charge in [-0.15, -0.1) is 0 Å². The van der Waals surface area contributed by atoms with Gasteiger partial charge in [-0.05, 0) is 48.8 Å². The quantitative estimate of drug-likeness (QED) is 0.487. The van der Waals surface area contributed by atoms with Crippen LogP contribution in [0.5, 0.6) is 0 Å². The Hall–Kier alpha value is -3.36. The molecule has 3 fully saturated rings. The van der Waals surface area contributed by atoms with Gasteiger partial charge in [-0.3, -0.25) is 20.5 Å². The fraction of sp³-hybridized carbons (Fsp3) is 0.429. The number of aromatic amines is 1. The zero-order chi connectivity index (χ0) is 20.7. The van der Waals surface area contributed by atoms with Crippen molar-refractivity contribution in [3.8, 4) is 0 Å². The maximum atomic E-state index is 12.3. The summed E-state index contributed by atoms with van der Waals surface area (Å²) in [4.78, 5) is 35.1. The SMILES string of the molecule is O=C(Nc1ccc(CC2NC(=O)NC2=O)cc1)Nc1cc(C2CC3CCC2C3)[nH]n1. The normalized spacial score (nSPS) is 27.1. The fourth-order valence-corrected chi connectivity index (χ4v) is 5.06. The van der Waals surface area contributed by atoms with E-state index in [1.807, 2.05) is 18.2 Å². The third-order valence-electron chi connectivity index (χ3n) is 6.49. The summed E-state index contributed by atoms with van der Waals surface area (Å²) < 4.78 is 0. The standard InChI is InChI=1S/C21H24N6O3/c28-19-17(23-21(30)25-19)9-11-2-5-14(6-3-11)22-20(29)24-18-10-16(26-27-18)15-8-12-1-4-13(15)7-12/h2-3,5-6,10,12-13,15,17H,1,4,7-9H2,(H2,23,25,28,30)(H3,22,24,26,27,29). The molecule has 1 aromatic carbocycles. The highest BCUT2D eigenvalue weighted by Crippen LogP contribution is 2.52. The lowest BCUT2D eigenvalue weighted by molar-refractivity contribution is -0.120. The van der Waals surface area contributed by atoms with Gasteiger partial charge < -0.3 is 10.6 Å². The van der Waals surface area contributed by atoms with Crippen LogP contribution < -0.4 is 21.3 Å². The molecule has 2 aliphatic carbocycles. The highest BCUT2D eigenvalue weighted by molar-refractivity contribution is 6.04. The molecule has 1 aromatic heterocycles. The van der Waals surface area contributed by atoms with Crippen LogP contribution in [0.1, 0.15) is 42.9 Å². The number of urea groups is 2. The second-order valence-electron chi connectivity index (χ2n) is 8.49. The number of hydrogen-bond acceptors (Lipinski definition) is 4. The number of H-pyrrole nitrogens is 1. The second-order valence-corrected chi connectivity index (χ2v) is 8.49. The molecule has 0 spiro atoms. The molecule has 2 saturated carbocycles. The molecule has 4 unspecified atom stereocenters. The molecule has 4 atom stereocenters. The third kappa shape index (κ3) is 3.74. The van der Waals surface area contributed by atoms with E-state index in [0.29, 0.717) is 23.8 Å². The zero-order valence-electron chi connectivity index (χ0n) is 16.4. The molecular weight excluding hydrogens is 384 g/mol. The minimum absolute atomic E-state index is 0.328. The van der Waals surface area contributed by atoms with Crippen LogP contribution in [0.15, 0.2) is 30.3 Å². The van der Waals surface area contributed by atoms with E-state index in [1.165, 1.54) is 25.7 Å². The Morgan fingerprint density at radius 2 is 1.93 bits per heavy atom. The van der Waals surface area contributed by atoms with Gasteiger partial charge in [0.2, 0.25) is 0 Å². The minimum atomic E-state index is -0.566. The van der Waals surface area contributed by atoms with Crippen molar-refractivity contribution in [3.63, 3.8) is 0 Å². The van der Waals surface area contributed by atoms with Gasteiger partial charge in [-0.2, -0.15) is 5.10 Å². The van der Waals surface area contributed by atoms with Gasteiger partial charge >= 0.3 is 12.1 Å². The van der Waals surface area contributed by atoms with Crippen LogP contribution in [-0.2, 0) is 11.2 Å². The number of rotatable bonds is 5. The van der Waals surface area contributed by atoms with Crippen molar-refractivity contribution in [2.45, 2.75) is 44.1 Å². The summed E-state index contributed by atoms with van der Waals surface area (Å²) in [5.74, 6) is 2.33. The molecule has 30 heavy (non-hydrogen) atoms. The van der Waals surface area contributed by atoms with Crippen LogP contribution in [0.3, 0.4) is 0 Å². The number of amides is 5. The smallest absolute Gasteiger partial charge is 0.324 e. The lowest BCUT2D eigenvalue weighted by Crippen LogP contribution is -2.31. The Labute approximate surface area is 173 Å². The lowest BCUT2D eigenvalue weighted by atomic mass is 9.86. The largest absolute Gasteiger partial charge is 0.326 e. The van der Waals surface area contributed by atoms with Crippen molar-refractivity contribution >= 4 is 29.5 Å². The Balaban J connectivity index is 1.14. The predicted molar refractivity (Wildman–Crippen MR) is 110 cm³/mol. The average molecular weight is 408 g/mol. The monoisotopic (exact) mass is 408 g/mol. The first-order valence-corrected chi connectivity index (χ1v) is 10.4. The van der Waals surface area contributed by atoms with Gasteiger partial charge in [0, 0.05) is 29.8 Å². The summed E-state index contributed by atoms with van der Waals surface area (Å²) in [5.41, 5.74) is 2.62. The number of nitrogens with zero attached hydrogens (tertiary/aromatic N) is 1. The van der Waals surface area contributed by atoms with Crippen LogP contribution in [-0.4, -0.2) is 34.2 Å². The number of fused-ring (bicyclic) bond motifs is 2. The van der Waals surface area contributed by atoms with E-state index in [1.54, 1.807) is 12.1 Å². The first-order chi connectivity index (χ1) is 14.5. The van der Waals surface area contributed by atoms with Crippen molar-refractivity contribution in [1.29, 1.82) is 0 Å². The van der Waals surface area contributed by atoms with Gasteiger partial charge in [0.25, 0.3) is 5.91 Å². The maximum Gasteiger partial charge on any atom is 0.324 e. The van der Waals surface area contributed by atoms with Gasteiger partial charge in [0.05, 0.1) is 0 Å². The molecule has 2 heterocycles. The van der Waals surface area contributed by atoms with E-state index in [0.717, 1.165) is 23.1 Å². The molecule has 0 radical (unpaired) electrons. The number of aromatic nitrogens is 2. The molecule has 9 nitrogen and oxygen atoms in total. The number of carbonyl (C=O) groups excluding carboxylic acids is 3. The summed E-state index contributed by atoms with van der Waals surface area (Å²) in [7, 11) is 0. The third-order valence-corrected chi connectivity index (χ3v) is 6.49.